The summed E-state index contributed by atoms with van der Waals surface area (Å²) in [6.07, 6.45) is 1.03. The molecular weight excluding hydrogens is 480 g/mol. The molecule has 3 heteroatoms. The Labute approximate surface area is 225 Å². The highest BCUT2D eigenvalue weighted by Crippen LogP contribution is 2.39. The van der Waals surface area contributed by atoms with Gasteiger partial charge in [-0.15, -0.1) is 11.3 Å². The van der Waals surface area contributed by atoms with Crippen LogP contribution in [-0.2, 0) is 6.42 Å². The molecule has 0 fully saturated rings. The third-order valence-electron chi connectivity index (χ3n) is 8.13. The number of aromatic nitrogens is 2. The van der Waals surface area contributed by atoms with Gasteiger partial charge in [-0.3, -0.25) is 0 Å². The Balaban J connectivity index is 1.39. The first kappa shape index (κ1) is 21.7. The molecule has 0 aliphatic carbocycles. The molecule has 0 bridgehead atoms. The van der Waals surface area contributed by atoms with Gasteiger partial charge in [0.25, 0.3) is 0 Å². The second-order valence-corrected chi connectivity index (χ2v) is 11.2. The van der Waals surface area contributed by atoms with E-state index >= 15 is 0 Å². The smallest absolute Gasteiger partial charge is 0.0541 e. The molecule has 8 aromatic rings. The predicted molar refractivity (Wildman–Crippen MR) is 165 cm³/mol. The third-order valence-corrected chi connectivity index (χ3v) is 9.28. The van der Waals surface area contributed by atoms with Crippen LogP contribution in [-0.4, -0.2) is 9.13 Å². The summed E-state index contributed by atoms with van der Waals surface area (Å²) in [6, 6.07) is 40.2. The van der Waals surface area contributed by atoms with Crippen molar-refractivity contribution in [3.63, 3.8) is 0 Å². The Morgan fingerprint density at radius 1 is 0.526 bits per heavy atom. The molecule has 0 atom stereocenters. The first-order chi connectivity index (χ1) is 18.7. The molecule has 0 aliphatic heterocycles. The van der Waals surface area contributed by atoms with Crippen molar-refractivity contribution in [3.8, 4) is 11.4 Å². The Morgan fingerprint density at radius 3 is 1.55 bits per heavy atom. The van der Waals surface area contributed by atoms with E-state index in [-0.39, 0.29) is 0 Å². The van der Waals surface area contributed by atoms with Crippen LogP contribution in [0.2, 0.25) is 0 Å². The first-order valence-electron chi connectivity index (χ1n) is 13.3. The minimum Gasteiger partial charge on any atom is -0.314 e. The maximum Gasteiger partial charge on any atom is 0.0541 e. The second-order valence-electron chi connectivity index (χ2n) is 10.1. The van der Waals surface area contributed by atoms with Crippen LogP contribution in [0, 0.1) is 6.92 Å². The Morgan fingerprint density at radius 2 is 1.00 bits per heavy atom. The SMILES string of the molecule is CCc1c(C)n(-c2ccc3sc4ccc(-n5c6ccccc6c6ccccc65)cc4c3c2)c2ccccc12. The number of aryl methyl sites for hydroxylation is 1. The van der Waals surface area contributed by atoms with Crippen LogP contribution < -0.4 is 0 Å². The molecule has 38 heavy (non-hydrogen) atoms. The third kappa shape index (κ3) is 2.94. The van der Waals surface area contributed by atoms with Crippen molar-refractivity contribution in [3.05, 3.63) is 120 Å². The summed E-state index contributed by atoms with van der Waals surface area (Å²) < 4.78 is 7.50. The van der Waals surface area contributed by atoms with Crippen LogP contribution in [0.25, 0.3) is 64.3 Å². The summed E-state index contributed by atoms with van der Waals surface area (Å²) >= 11 is 1.88. The van der Waals surface area contributed by atoms with Crippen LogP contribution in [0.4, 0.5) is 0 Å². The molecule has 182 valence electrons. The molecule has 0 radical (unpaired) electrons. The maximum absolute atomic E-state index is 2.44. The zero-order chi connectivity index (χ0) is 25.4. The molecule has 8 rings (SSSR count). The van der Waals surface area contributed by atoms with Gasteiger partial charge < -0.3 is 9.13 Å². The van der Waals surface area contributed by atoms with Crippen molar-refractivity contribution in [2.75, 3.05) is 0 Å². The Kier molecular flexibility index (Phi) is 4.62. The molecule has 0 saturated carbocycles. The number of fused-ring (bicyclic) bond motifs is 7. The van der Waals surface area contributed by atoms with Crippen LogP contribution in [0.3, 0.4) is 0 Å². The van der Waals surface area contributed by atoms with E-state index in [0.29, 0.717) is 0 Å². The molecule has 2 nitrogen and oxygen atoms in total. The molecule has 3 aromatic heterocycles. The molecule has 0 N–H and O–H groups in total. The average Bonchev–Trinajstić information content (AvgIpc) is 3.59. The van der Waals surface area contributed by atoms with Gasteiger partial charge in [0.15, 0.2) is 0 Å². The fourth-order valence-electron chi connectivity index (χ4n) is 6.45. The summed E-state index contributed by atoms with van der Waals surface area (Å²) in [5.74, 6) is 0. The maximum atomic E-state index is 2.44. The number of para-hydroxylation sites is 3. The largest absolute Gasteiger partial charge is 0.314 e. The van der Waals surface area contributed by atoms with E-state index in [1.807, 2.05) is 11.3 Å². The molecular formula is C35H26N2S. The quantitative estimate of drug-likeness (QED) is 0.226. The van der Waals surface area contributed by atoms with Crippen molar-refractivity contribution in [2.45, 2.75) is 20.3 Å². The molecule has 0 spiro atoms. The van der Waals surface area contributed by atoms with Crippen molar-refractivity contribution in [2.24, 2.45) is 0 Å². The normalized spacial score (nSPS) is 12.1. The van der Waals surface area contributed by atoms with E-state index in [1.165, 1.54) is 75.5 Å². The molecule has 0 unspecified atom stereocenters. The van der Waals surface area contributed by atoms with Gasteiger partial charge in [-0.05, 0) is 73.5 Å². The highest BCUT2D eigenvalue weighted by molar-refractivity contribution is 7.25. The van der Waals surface area contributed by atoms with Gasteiger partial charge in [-0.2, -0.15) is 0 Å². The lowest BCUT2D eigenvalue weighted by Crippen LogP contribution is -1.97. The van der Waals surface area contributed by atoms with Crippen molar-refractivity contribution in [1.29, 1.82) is 0 Å². The zero-order valence-corrected chi connectivity index (χ0v) is 22.2. The second kappa shape index (κ2) is 8.08. The van der Waals surface area contributed by atoms with Crippen LogP contribution in [0.5, 0.6) is 0 Å². The van der Waals surface area contributed by atoms with Gasteiger partial charge in [0, 0.05) is 53.4 Å². The van der Waals surface area contributed by atoms with Gasteiger partial charge in [-0.25, -0.2) is 0 Å². The van der Waals surface area contributed by atoms with E-state index < -0.39 is 0 Å². The number of hydrogen-bond acceptors (Lipinski definition) is 1. The molecule has 0 aliphatic rings. The van der Waals surface area contributed by atoms with E-state index in [0.717, 1.165) is 6.42 Å². The monoisotopic (exact) mass is 506 g/mol. The predicted octanol–water partition coefficient (Wildman–Crippen LogP) is 9.97. The summed E-state index contributed by atoms with van der Waals surface area (Å²) in [5, 5.41) is 6.58. The Hall–Kier alpha value is -4.34. The molecule has 0 amide bonds. The number of rotatable bonds is 3. The van der Waals surface area contributed by atoms with E-state index in [4.69, 9.17) is 0 Å². The minimum atomic E-state index is 1.03. The van der Waals surface area contributed by atoms with E-state index in [2.05, 4.69) is 132 Å². The lowest BCUT2D eigenvalue weighted by molar-refractivity contribution is 1.01. The fourth-order valence-corrected chi connectivity index (χ4v) is 7.51. The van der Waals surface area contributed by atoms with Crippen molar-refractivity contribution >= 4 is 64.2 Å². The summed E-state index contributed by atoms with van der Waals surface area (Å²) in [6.45, 7) is 4.51. The number of nitrogens with zero attached hydrogens (tertiary/aromatic N) is 2. The molecule has 5 aromatic carbocycles. The summed E-state index contributed by atoms with van der Waals surface area (Å²) in [5.41, 5.74) is 8.98. The lowest BCUT2D eigenvalue weighted by atomic mass is 10.1. The van der Waals surface area contributed by atoms with Gasteiger partial charge >= 0.3 is 0 Å². The molecule has 0 saturated heterocycles. The van der Waals surface area contributed by atoms with Crippen LogP contribution in [0.1, 0.15) is 18.2 Å². The van der Waals surface area contributed by atoms with E-state index in [9.17, 15) is 0 Å². The topological polar surface area (TPSA) is 9.86 Å². The van der Waals surface area contributed by atoms with Crippen molar-refractivity contribution in [1.82, 2.24) is 9.13 Å². The number of benzene rings is 5. The highest BCUT2D eigenvalue weighted by atomic mass is 32.1. The first-order valence-corrected chi connectivity index (χ1v) is 14.1. The standard InChI is InChI=1S/C35H26N2S/c1-3-25-22(2)36(31-13-7-4-10-26(25)31)23-16-18-34-29(20-23)30-21-24(17-19-35(30)38-34)37-32-14-8-5-11-27(32)28-12-6-9-15-33(28)37/h4-21H,3H2,1-2H3. The van der Waals surface area contributed by atoms with Crippen LogP contribution >= 0.6 is 11.3 Å². The van der Waals surface area contributed by atoms with Gasteiger partial charge in [-0.1, -0.05) is 61.5 Å². The highest BCUT2D eigenvalue weighted by Gasteiger charge is 2.16. The Bertz CT molecular complexity index is 2130. The summed E-state index contributed by atoms with van der Waals surface area (Å²) in [4.78, 5) is 0. The molecule has 3 heterocycles. The minimum absolute atomic E-state index is 1.03. The van der Waals surface area contributed by atoms with Crippen LogP contribution in [0.15, 0.2) is 109 Å². The fraction of sp³-hybridized carbons (Fsp3) is 0.0857. The average molecular weight is 507 g/mol. The number of hydrogen-bond donors (Lipinski definition) is 0. The summed E-state index contributed by atoms with van der Waals surface area (Å²) in [7, 11) is 0. The lowest BCUT2D eigenvalue weighted by Gasteiger charge is -2.10. The van der Waals surface area contributed by atoms with Gasteiger partial charge in [0.05, 0.1) is 16.6 Å². The van der Waals surface area contributed by atoms with Gasteiger partial charge in [0.1, 0.15) is 0 Å². The van der Waals surface area contributed by atoms with Gasteiger partial charge in [0.2, 0.25) is 0 Å². The zero-order valence-electron chi connectivity index (χ0n) is 21.4. The van der Waals surface area contributed by atoms with Crippen molar-refractivity contribution < 1.29 is 0 Å². The number of thiophene rings is 1. The van der Waals surface area contributed by atoms with E-state index in [1.54, 1.807) is 0 Å².